The summed E-state index contributed by atoms with van der Waals surface area (Å²) in [5, 5.41) is 50.6. The molecular weight excluding hydrogens is 1370 g/mol. The van der Waals surface area contributed by atoms with Gasteiger partial charge in [-0.2, -0.15) is 0 Å². The normalized spacial score (nSPS) is 13.8. The first kappa shape index (κ1) is 59.2. The second kappa shape index (κ2) is 25.4. The van der Waals surface area contributed by atoms with Gasteiger partial charge in [0.05, 0.1) is 38.2 Å². The number of phenols is 4. The zero-order valence-electron chi connectivity index (χ0n) is 48.8. The molecule has 16 bridgehead atoms. The highest BCUT2D eigenvalue weighted by molar-refractivity contribution is 14.1. The van der Waals surface area contributed by atoms with Crippen LogP contribution in [0.3, 0.4) is 0 Å². The standard InChI is InChI=1S/C42H36O8S2.C30H26I2O4/c1-45-37-23-5-3-6-24(37)14-28-18-32(42-40-34(22-52-42)48-10-12-50-40)20-30(36(28)44)16-26-8-4-7-25(38(26)46-2)15-29-19-31(17-27(13-23)35(29)43)41-39-33(21-51-41)47-9-11-49-39;1-35-29-17-5-3-6-18(29)10-22-14-26(32)16-24(28(22)34)12-20-8-4-7-19(30(20)36-2)11-23-15-25(31)13-21(9-17)27(23)33/h3-8,17-22,43-44H,9-16H2,1-2H3;3-8,13-16,33-34H,9-12H2,1-2H3. The Kier molecular flexibility index (Phi) is 17.1. The van der Waals surface area contributed by atoms with Gasteiger partial charge in [-0.05, 0) is 194 Å². The summed E-state index contributed by atoms with van der Waals surface area (Å²) in [7, 11) is 6.71. The van der Waals surface area contributed by atoms with Crippen molar-refractivity contribution in [2.24, 2.45) is 0 Å². The van der Waals surface area contributed by atoms with E-state index in [0.717, 1.165) is 163 Å². The summed E-state index contributed by atoms with van der Waals surface area (Å²) >= 11 is 7.77. The summed E-state index contributed by atoms with van der Waals surface area (Å²) in [5.41, 5.74) is 16.0. The number of rotatable bonds is 6. The van der Waals surface area contributed by atoms with Gasteiger partial charge in [-0.3, -0.25) is 0 Å². The molecule has 0 atom stereocenters. The first-order valence-corrected chi connectivity index (χ1v) is 32.8. The summed E-state index contributed by atoms with van der Waals surface area (Å²) < 4.78 is 50.1. The number of aromatic hydroxyl groups is 4. The molecular formula is C72H62I2O12S2. The van der Waals surface area contributed by atoms with Crippen LogP contribution in [0.1, 0.15) is 89.0 Å². The third-order valence-electron chi connectivity index (χ3n) is 16.7. The number of benzene rings is 8. The van der Waals surface area contributed by atoms with Crippen LogP contribution in [-0.4, -0.2) is 75.3 Å². The highest BCUT2D eigenvalue weighted by atomic mass is 127. The van der Waals surface area contributed by atoms with Gasteiger partial charge < -0.3 is 58.3 Å². The first-order chi connectivity index (χ1) is 42.9. The Labute approximate surface area is 546 Å². The molecule has 0 saturated carbocycles. The number of phenolic OH excluding ortho intramolecular Hbond substituents is 4. The fourth-order valence-electron chi connectivity index (χ4n) is 12.8. The van der Waals surface area contributed by atoms with Gasteiger partial charge in [0.1, 0.15) is 72.4 Å². The van der Waals surface area contributed by atoms with E-state index in [0.29, 0.717) is 89.3 Å². The van der Waals surface area contributed by atoms with Crippen molar-refractivity contribution < 1.29 is 58.3 Å². The van der Waals surface area contributed by atoms with E-state index in [4.69, 9.17) is 37.9 Å². The second-order valence-corrected chi connectivity index (χ2v) is 26.4. The van der Waals surface area contributed by atoms with E-state index in [-0.39, 0.29) is 11.5 Å². The quantitative estimate of drug-likeness (QED) is 0.117. The molecule has 4 N–H and O–H groups in total. The molecule has 0 fully saturated rings. The van der Waals surface area contributed by atoms with Gasteiger partial charge in [0.2, 0.25) is 0 Å². The van der Waals surface area contributed by atoms with E-state index >= 15 is 0 Å². The van der Waals surface area contributed by atoms with E-state index in [1.165, 1.54) is 0 Å². The lowest BCUT2D eigenvalue weighted by molar-refractivity contribution is 0.174. The molecule has 0 amide bonds. The number of fused-ring (bicyclic) bond motifs is 18. The zero-order chi connectivity index (χ0) is 60.7. The highest BCUT2D eigenvalue weighted by Gasteiger charge is 2.28. The molecule has 88 heavy (non-hydrogen) atoms. The Bertz CT molecular complexity index is 3880. The van der Waals surface area contributed by atoms with Crippen molar-refractivity contribution in [1.29, 1.82) is 0 Å². The van der Waals surface area contributed by atoms with Gasteiger partial charge in [-0.1, -0.05) is 72.8 Å². The molecule has 2 aliphatic carbocycles. The lowest BCUT2D eigenvalue weighted by Crippen LogP contribution is -2.14. The minimum absolute atomic E-state index is 0.233. The van der Waals surface area contributed by atoms with Crippen LogP contribution in [0.25, 0.3) is 20.9 Å². The molecule has 14 rings (SSSR count). The van der Waals surface area contributed by atoms with E-state index in [2.05, 4.69) is 45.2 Å². The van der Waals surface area contributed by atoms with Gasteiger partial charge in [-0.15, -0.1) is 22.7 Å². The predicted molar refractivity (Wildman–Crippen MR) is 361 cm³/mol. The van der Waals surface area contributed by atoms with Gasteiger partial charge >= 0.3 is 0 Å². The summed E-state index contributed by atoms with van der Waals surface area (Å²) in [4.78, 5) is 1.92. The van der Waals surface area contributed by atoms with Gasteiger partial charge in [0, 0.05) is 69.3 Å². The molecule has 448 valence electrons. The minimum atomic E-state index is 0.233. The summed E-state index contributed by atoms with van der Waals surface area (Å²) in [6, 6.07) is 40.6. The van der Waals surface area contributed by atoms with Crippen molar-refractivity contribution in [1.82, 2.24) is 0 Å². The zero-order valence-corrected chi connectivity index (χ0v) is 54.8. The monoisotopic (exact) mass is 1440 g/mol. The Morgan fingerprint density at radius 1 is 0.330 bits per heavy atom. The second-order valence-electron chi connectivity index (χ2n) is 22.2. The molecule has 16 heteroatoms. The lowest BCUT2D eigenvalue weighted by Gasteiger charge is -2.21. The minimum Gasteiger partial charge on any atom is -0.507 e. The van der Waals surface area contributed by atoms with Crippen LogP contribution >= 0.6 is 67.9 Å². The number of halogens is 2. The summed E-state index contributed by atoms with van der Waals surface area (Å²) in [5.74, 6) is 7.05. The van der Waals surface area contributed by atoms with Crippen molar-refractivity contribution in [3.8, 4) is 89.9 Å². The van der Waals surface area contributed by atoms with Crippen LogP contribution < -0.4 is 37.9 Å². The molecule has 0 saturated heterocycles. The molecule has 2 aromatic heterocycles. The summed E-state index contributed by atoms with van der Waals surface area (Å²) in [6.45, 7) is 2.01. The third-order valence-corrected chi connectivity index (χ3v) is 19.9. The average molecular weight is 1440 g/mol. The molecule has 10 aromatic rings. The molecule has 4 aliphatic rings. The number of thiophene rings is 2. The maximum Gasteiger partial charge on any atom is 0.179 e. The SMILES string of the molecule is COc1c2cccc1Cc1cc(-c3scc4c3OCCO4)cc(c1O)Cc1cccc(c1OC)Cc1cc(-c3scc4c3OCCO4)cc(c1O)C2.COc1c2cccc1Cc1cc(I)cc(c1O)Cc1cccc(c1OC)Cc1cc(I)cc(c1O)C2. The fraction of sp³-hybridized carbons (Fsp3) is 0.222. The van der Waals surface area contributed by atoms with Crippen LogP contribution in [0.5, 0.6) is 69.0 Å². The Morgan fingerprint density at radius 3 is 0.795 bits per heavy atom. The Hall–Kier alpha value is -7.78. The molecule has 8 aromatic carbocycles. The van der Waals surface area contributed by atoms with Crippen LogP contribution in [0, 0.1) is 7.14 Å². The Morgan fingerprint density at radius 2 is 0.557 bits per heavy atom. The molecule has 0 radical (unpaired) electrons. The number of para-hydroxylation sites is 4. The van der Waals surface area contributed by atoms with Crippen molar-refractivity contribution >= 4 is 67.9 Å². The molecule has 12 nitrogen and oxygen atoms in total. The number of hydrogen-bond donors (Lipinski definition) is 4. The number of hydrogen-bond acceptors (Lipinski definition) is 14. The average Bonchev–Trinajstić information content (AvgIpc) is 3.26. The largest absolute Gasteiger partial charge is 0.507 e. The van der Waals surface area contributed by atoms with Crippen molar-refractivity contribution in [3.63, 3.8) is 0 Å². The molecule has 0 unspecified atom stereocenters. The number of methoxy groups -OCH3 is 4. The third kappa shape index (κ3) is 11.6. The maximum absolute atomic E-state index is 12.0. The topological polar surface area (TPSA) is 155 Å². The molecule has 2 aliphatic heterocycles. The molecule has 0 spiro atoms. The summed E-state index contributed by atoms with van der Waals surface area (Å²) in [6.07, 6.45) is 3.81. The van der Waals surface area contributed by atoms with E-state index in [1.807, 2.05) is 132 Å². The Balaban J connectivity index is 0.000000174. The van der Waals surface area contributed by atoms with E-state index in [9.17, 15) is 20.4 Å². The predicted octanol–water partition coefficient (Wildman–Crippen LogP) is 15.8. The smallest absolute Gasteiger partial charge is 0.179 e. The van der Waals surface area contributed by atoms with Gasteiger partial charge in [0.25, 0.3) is 0 Å². The highest BCUT2D eigenvalue weighted by Crippen LogP contribution is 2.50. The molecule has 4 heterocycles. The van der Waals surface area contributed by atoms with Gasteiger partial charge in [0.15, 0.2) is 23.0 Å². The lowest BCUT2D eigenvalue weighted by atomic mass is 9.89. The van der Waals surface area contributed by atoms with E-state index < -0.39 is 0 Å². The van der Waals surface area contributed by atoms with Crippen molar-refractivity contribution in [2.75, 3.05) is 54.9 Å². The first-order valence-electron chi connectivity index (χ1n) is 28.9. The van der Waals surface area contributed by atoms with Gasteiger partial charge in [-0.25, -0.2) is 0 Å². The fourth-order valence-corrected chi connectivity index (χ4v) is 16.1. The van der Waals surface area contributed by atoms with Crippen LogP contribution in [-0.2, 0) is 51.4 Å². The van der Waals surface area contributed by atoms with E-state index in [1.54, 1.807) is 51.1 Å². The van der Waals surface area contributed by atoms with Crippen LogP contribution in [0.15, 0.2) is 132 Å². The maximum atomic E-state index is 12.0. The van der Waals surface area contributed by atoms with Crippen molar-refractivity contribution in [3.05, 3.63) is 228 Å². The van der Waals surface area contributed by atoms with Crippen LogP contribution in [0.4, 0.5) is 0 Å². The van der Waals surface area contributed by atoms with Crippen molar-refractivity contribution in [2.45, 2.75) is 51.4 Å². The van der Waals surface area contributed by atoms with Crippen LogP contribution in [0.2, 0.25) is 0 Å². The number of ether oxygens (including phenoxy) is 8.